The number of sulfonamides is 1. The van der Waals surface area contributed by atoms with Crippen LogP contribution in [0.1, 0.15) is 131 Å². The molecule has 4 aliphatic rings. The van der Waals surface area contributed by atoms with Crippen molar-refractivity contribution in [3.05, 3.63) is 140 Å². The Hall–Kier alpha value is -11.1. The zero-order valence-corrected chi connectivity index (χ0v) is 65.6. The van der Waals surface area contributed by atoms with Crippen LogP contribution in [0.2, 0.25) is 0 Å². The lowest BCUT2D eigenvalue weighted by atomic mass is 9.81. The predicted molar refractivity (Wildman–Crippen MR) is 419 cm³/mol. The van der Waals surface area contributed by atoms with E-state index >= 15 is 4.39 Å². The van der Waals surface area contributed by atoms with Crippen molar-refractivity contribution in [3.63, 3.8) is 0 Å². The molecule has 0 saturated carbocycles. The Morgan fingerprint density at radius 3 is 2.08 bits per heavy atom. The van der Waals surface area contributed by atoms with Gasteiger partial charge in [-0.2, -0.15) is 0 Å². The van der Waals surface area contributed by atoms with Gasteiger partial charge in [-0.15, -0.1) is 0 Å². The van der Waals surface area contributed by atoms with Gasteiger partial charge in [-0.05, 0) is 162 Å². The standard InChI is InChI=1S/C78H100FN17O16S/c1-10-27-82-75(106)86-49-17-14-19-51(36-49)113(109,110)91-50-18-13-16-46(35-50)58(40-65(99)100)89-77(108)85-48-23-21-47(22-24-48)84-76(107)83-28-30-92(7)31-32-93(8)33-34-94(9)42-64(98)87-60(39-63(80)97)72(103)95-29-15-20-61(95)70(101)90-68(44(4)5)73(104)112-78(11-2)55-37-62-69-53(41-96(62)71(102)54(55)43-111-74(78)105)67-57(81-12-3)26-25-52-45(6)56(79)38-59(88-69)66(52)67/h13-14,16-19,21-24,35-38,44,57-58,60-61,68,81,91H,10-12,15,20,25-34,39-43H2,1-9H3,(H2,80,97)(H,87,98)(H,90,101)(H,99,100)(H2,82,86,106)(H2,83,84,107)(H2,85,89,108). The number of aryl methyl sites for hydroxylation is 1. The molecule has 0 spiro atoms. The summed E-state index contributed by atoms with van der Waals surface area (Å²) in [4.78, 5) is 161. The number of pyridine rings is 2. The first-order valence-corrected chi connectivity index (χ1v) is 39.3. The van der Waals surface area contributed by atoms with Gasteiger partial charge in [-0.3, -0.25) is 38.4 Å². The Morgan fingerprint density at radius 2 is 1.42 bits per heavy atom. The van der Waals surface area contributed by atoms with Gasteiger partial charge >= 0.3 is 36.0 Å². The van der Waals surface area contributed by atoms with Crippen molar-refractivity contribution in [1.82, 2.24) is 61.1 Å². The van der Waals surface area contributed by atoms with Gasteiger partial charge in [-0.25, -0.2) is 41.8 Å². The zero-order valence-electron chi connectivity index (χ0n) is 64.8. The van der Waals surface area contributed by atoms with Crippen LogP contribution in [-0.4, -0.2) is 207 Å². The van der Waals surface area contributed by atoms with Crippen molar-refractivity contribution in [2.45, 2.75) is 147 Å². The molecule has 33 nitrogen and oxygen atoms in total. The summed E-state index contributed by atoms with van der Waals surface area (Å²) in [5.41, 5.74) is 8.90. The average Bonchev–Trinajstić information content (AvgIpc) is 1.63. The molecular weight excluding hydrogens is 1480 g/mol. The minimum Gasteiger partial charge on any atom is -0.481 e. The van der Waals surface area contributed by atoms with Crippen LogP contribution in [0.25, 0.3) is 22.3 Å². The number of benzene rings is 4. The second-order valence-corrected chi connectivity index (χ2v) is 30.9. The number of carboxylic acids is 1. The third kappa shape index (κ3) is 20.2. The molecule has 6 atom stereocenters. The fraction of sp³-hybridized carbons (Fsp3) is 0.462. The maximum Gasteiger partial charge on any atom is 0.355 e. The third-order valence-corrected chi connectivity index (χ3v) is 22.0. The molecule has 2 aromatic heterocycles. The van der Waals surface area contributed by atoms with Crippen molar-refractivity contribution >= 4 is 103 Å². The Labute approximate surface area is 653 Å². The van der Waals surface area contributed by atoms with Crippen molar-refractivity contribution in [3.8, 4) is 11.4 Å². The number of hydrogen-bond donors (Lipinski definition) is 12. The van der Waals surface area contributed by atoms with E-state index in [2.05, 4.69) is 52.6 Å². The number of esters is 2. The molecule has 0 bridgehead atoms. The van der Waals surface area contributed by atoms with Crippen LogP contribution in [-0.2, 0) is 78.2 Å². The summed E-state index contributed by atoms with van der Waals surface area (Å²) in [6.45, 7) is 14.2. The summed E-state index contributed by atoms with van der Waals surface area (Å²) < 4.78 is 58.3. The van der Waals surface area contributed by atoms with E-state index < -0.39 is 136 Å². The van der Waals surface area contributed by atoms with Gasteiger partial charge < -0.3 is 87.4 Å². The number of ether oxygens (including phenoxy) is 2. The summed E-state index contributed by atoms with van der Waals surface area (Å²) in [6.07, 6.45) is 1.26. The number of carboxylic acid groups (broad SMARTS) is 1. The van der Waals surface area contributed by atoms with Gasteiger partial charge in [0.2, 0.25) is 29.2 Å². The quantitative estimate of drug-likeness (QED) is 0.0220. The fourth-order valence-corrected chi connectivity index (χ4v) is 15.7. The summed E-state index contributed by atoms with van der Waals surface area (Å²) in [7, 11) is 1.32. The SMILES string of the molecule is CCCNC(=O)Nc1cccc(S(=O)(=O)Nc2cccc(C(CC(=O)O)NC(=O)Nc3ccc(NC(=O)NCCN(C)CCN(C)CCN(C)CC(=O)NC(CC(N)=O)C(=O)N4CCCC4C(=O)NC(C(=O)OC4(CC)C(=O)OCc5c4cc4n(c5=O)Cc5c-4nc4cc(F)c(C)c6c4c5C(NCC)CC6)C(C)C)cc3)c2)c1. The molecule has 3 aliphatic heterocycles. The third-order valence-electron chi connectivity index (χ3n) is 20.6. The van der Waals surface area contributed by atoms with Crippen molar-refractivity contribution in [2.75, 3.05) is 107 Å². The van der Waals surface area contributed by atoms with Crippen LogP contribution in [0.4, 0.5) is 41.5 Å². The van der Waals surface area contributed by atoms with Gasteiger partial charge in [0.05, 0.1) is 59.3 Å². The Balaban J connectivity index is 0.656. The number of aliphatic carboxylic acids is 1. The zero-order chi connectivity index (χ0) is 81.8. The summed E-state index contributed by atoms with van der Waals surface area (Å²) in [6, 6.07) is 13.8. The second kappa shape index (κ2) is 37.0. The highest BCUT2D eigenvalue weighted by Crippen LogP contribution is 2.47. The number of nitrogens with two attached hydrogens (primary N) is 1. The summed E-state index contributed by atoms with van der Waals surface area (Å²) >= 11 is 0. The number of halogens is 1. The lowest BCUT2D eigenvalue weighted by molar-refractivity contribution is -0.191. The lowest BCUT2D eigenvalue weighted by Crippen LogP contribution is -2.58. The molecule has 113 heavy (non-hydrogen) atoms. The first kappa shape index (κ1) is 84.3. The lowest BCUT2D eigenvalue weighted by Gasteiger charge is -2.37. The Morgan fingerprint density at radius 1 is 0.761 bits per heavy atom. The molecule has 10 amide bonds. The number of urea groups is 3. The second-order valence-electron chi connectivity index (χ2n) is 29.3. The van der Waals surface area contributed by atoms with Crippen LogP contribution < -0.4 is 63.9 Å². The number of anilines is 4. The normalized spacial score (nSPS) is 16.9. The number of cyclic esters (lactones) is 1. The first-order valence-electron chi connectivity index (χ1n) is 37.8. The Kier molecular flexibility index (Phi) is 27.6. The highest BCUT2D eigenvalue weighted by molar-refractivity contribution is 7.92. The molecule has 4 aromatic carbocycles. The molecule has 1 fully saturated rings. The maximum absolute atomic E-state index is 15.5. The van der Waals surface area contributed by atoms with E-state index in [9.17, 15) is 66.3 Å². The van der Waals surface area contributed by atoms with Crippen molar-refractivity contribution < 1.29 is 75.3 Å². The van der Waals surface area contributed by atoms with Crippen molar-refractivity contribution in [1.29, 1.82) is 0 Å². The number of amides is 10. The number of hydrogen-bond acceptors (Lipinski definition) is 20. The van der Waals surface area contributed by atoms with E-state index in [4.69, 9.17) is 20.2 Å². The smallest absolute Gasteiger partial charge is 0.355 e. The van der Waals surface area contributed by atoms with Crippen molar-refractivity contribution in [2.24, 2.45) is 11.7 Å². The molecule has 6 aromatic rings. The highest BCUT2D eigenvalue weighted by atomic mass is 32.2. The molecule has 1 aliphatic carbocycles. The van der Waals surface area contributed by atoms with Crippen LogP contribution >= 0.6 is 0 Å². The number of fused-ring (bicyclic) bond motifs is 5. The van der Waals surface area contributed by atoms with Gasteiger partial charge in [0.25, 0.3) is 15.6 Å². The number of primary amides is 1. The van der Waals surface area contributed by atoms with Gasteiger partial charge in [0.1, 0.15) is 30.5 Å². The number of rotatable bonds is 35. The molecule has 10 rings (SSSR count). The summed E-state index contributed by atoms with van der Waals surface area (Å²) in [5, 5.41) is 35.6. The molecule has 606 valence electrons. The molecule has 0 radical (unpaired) electrons. The van der Waals surface area contributed by atoms with E-state index in [1.165, 1.54) is 71.6 Å². The van der Waals surface area contributed by atoms with E-state index in [0.717, 1.165) is 22.1 Å². The van der Waals surface area contributed by atoms with Crippen LogP contribution in [0.3, 0.4) is 0 Å². The van der Waals surface area contributed by atoms with E-state index in [1.54, 1.807) is 62.4 Å². The molecule has 13 N–H and O–H groups in total. The number of likely N-dealkylation sites (tertiary alicyclic amines) is 1. The molecule has 5 heterocycles. The van der Waals surface area contributed by atoms with Crippen LogP contribution in [0, 0.1) is 18.7 Å². The number of carbonyl (C=O) groups excluding carboxylic acids is 9. The number of nitrogens with zero attached hydrogens (tertiary/aromatic N) is 6. The Bertz CT molecular complexity index is 4810. The largest absolute Gasteiger partial charge is 0.481 e. The monoisotopic (exact) mass is 1580 g/mol. The molecule has 1 saturated heterocycles. The van der Waals surface area contributed by atoms with E-state index in [1.807, 2.05) is 37.7 Å². The van der Waals surface area contributed by atoms with E-state index in [0.29, 0.717) is 105 Å². The minimum absolute atomic E-state index is 0.0707. The van der Waals surface area contributed by atoms with Crippen LogP contribution in [0.5, 0.6) is 0 Å². The average molecular weight is 1580 g/mol. The number of likely N-dealkylation sites (N-methyl/N-ethyl adjacent to an activating group) is 3. The van der Waals surface area contributed by atoms with Gasteiger partial charge in [0, 0.05) is 104 Å². The van der Waals surface area contributed by atoms with Crippen LogP contribution in [0.15, 0.2) is 94.6 Å². The number of carbonyl (C=O) groups is 10. The highest BCUT2D eigenvalue weighted by Gasteiger charge is 2.52. The first-order chi connectivity index (χ1) is 53.8. The summed E-state index contributed by atoms with van der Waals surface area (Å²) in [5.74, 6) is -7.17. The number of nitrogens with one attached hydrogen (secondary N) is 10. The topological polar surface area (TPSA) is 438 Å². The van der Waals surface area contributed by atoms with Gasteiger partial charge in [-0.1, -0.05) is 52.8 Å². The molecular formula is C78H100FN17O16S. The van der Waals surface area contributed by atoms with E-state index in [-0.39, 0.29) is 78.0 Å². The molecule has 6 unspecified atom stereocenters. The predicted octanol–water partition coefficient (Wildman–Crippen LogP) is 5.45. The maximum atomic E-state index is 15.5. The number of aromatic nitrogens is 2. The molecule has 35 heteroatoms. The fourth-order valence-electron chi connectivity index (χ4n) is 14.6. The van der Waals surface area contributed by atoms with Gasteiger partial charge in [0.15, 0.2) is 0 Å². The minimum atomic E-state index is -4.19.